The predicted molar refractivity (Wildman–Crippen MR) is 131 cm³/mol. The van der Waals surface area contributed by atoms with Crippen LogP contribution >= 0.6 is 11.6 Å². The standard InChI is InChI=1S/C27H22ClN3O2/c1-2-33-27(32)25-24(21-14-13-20(28)15-23(21)30-25)26-22(19-11-7-4-8-12-19)16-29-31(26)17-18-9-5-3-6-10-18/h3-16,30H,2,17H2,1H3. The average Bonchev–Trinajstić information content (AvgIpc) is 3.41. The topological polar surface area (TPSA) is 59.9 Å². The maximum absolute atomic E-state index is 13.0. The zero-order chi connectivity index (χ0) is 22.8. The molecule has 0 radical (unpaired) electrons. The van der Waals surface area contributed by atoms with Gasteiger partial charge >= 0.3 is 5.97 Å². The van der Waals surface area contributed by atoms with Gasteiger partial charge in [0.2, 0.25) is 0 Å². The van der Waals surface area contributed by atoms with E-state index in [4.69, 9.17) is 21.4 Å². The first-order valence-corrected chi connectivity index (χ1v) is 11.2. The Morgan fingerprint density at radius 3 is 2.48 bits per heavy atom. The molecule has 0 saturated carbocycles. The van der Waals surface area contributed by atoms with E-state index in [1.165, 1.54) is 0 Å². The van der Waals surface area contributed by atoms with E-state index < -0.39 is 5.97 Å². The van der Waals surface area contributed by atoms with E-state index >= 15 is 0 Å². The second kappa shape index (κ2) is 8.96. The Bertz CT molecular complexity index is 1420. The van der Waals surface area contributed by atoms with Crippen LogP contribution in [0, 0.1) is 0 Å². The lowest BCUT2D eigenvalue weighted by Gasteiger charge is -2.12. The van der Waals surface area contributed by atoms with Crippen molar-refractivity contribution < 1.29 is 9.53 Å². The van der Waals surface area contributed by atoms with Crippen LogP contribution in [-0.2, 0) is 11.3 Å². The minimum Gasteiger partial charge on any atom is -0.461 e. The number of hydrogen-bond acceptors (Lipinski definition) is 3. The van der Waals surface area contributed by atoms with Crippen molar-refractivity contribution in [1.29, 1.82) is 0 Å². The molecule has 2 heterocycles. The molecular formula is C27H22ClN3O2. The van der Waals surface area contributed by atoms with Crippen molar-refractivity contribution in [2.45, 2.75) is 13.5 Å². The van der Waals surface area contributed by atoms with Crippen molar-refractivity contribution in [3.8, 4) is 22.4 Å². The first-order valence-electron chi connectivity index (χ1n) is 10.8. The summed E-state index contributed by atoms with van der Waals surface area (Å²) in [5, 5.41) is 6.21. The second-order valence-electron chi connectivity index (χ2n) is 7.70. The fourth-order valence-electron chi connectivity index (χ4n) is 4.13. The number of fused-ring (bicyclic) bond motifs is 1. The summed E-state index contributed by atoms with van der Waals surface area (Å²) in [5.41, 5.74) is 5.84. The molecule has 0 unspecified atom stereocenters. The highest BCUT2D eigenvalue weighted by molar-refractivity contribution is 6.31. The van der Waals surface area contributed by atoms with Crippen molar-refractivity contribution in [3.05, 3.63) is 101 Å². The van der Waals surface area contributed by atoms with Crippen LogP contribution in [0.2, 0.25) is 5.02 Å². The molecule has 164 valence electrons. The summed E-state index contributed by atoms with van der Waals surface area (Å²) in [5.74, 6) is -0.411. The van der Waals surface area contributed by atoms with Crippen LogP contribution in [0.4, 0.5) is 0 Å². The molecule has 6 heteroatoms. The van der Waals surface area contributed by atoms with Crippen LogP contribution in [0.1, 0.15) is 23.0 Å². The van der Waals surface area contributed by atoms with Gasteiger partial charge in [0.1, 0.15) is 5.69 Å². The Hall–Kier alpha value is -3.83. The molecule has 0 amide bonds. The third-order valence-corrected chi connectivity index (χ3v) is 5.81. The van der Waals surface area contributed by atoms with Crippen molar-refractivity contribution in [2.75, 3.05) is 6.61 Å². The molecule has 0 aliphatic rings. The van der Waals surface area contributed by atoms with Gasteiger partial charge in [-0.1, -0.05) is 78.3 Å². The third kappa shape index (κ3) is 4.03. The third-order valence-electron chi connectivity index (χ3n) is 5.58. The van der Waals surface area contributed by atoms with E-state index in [9.17, 15) is 4.79 Å². The lowest BCUT2D eigenvalue weighted by Crippen LogP contribution is -2.09. The Balaban J connectivity index is 1.80. The average molecular weight is 456 g/mol. The SMILES string of the molecule is CCOC(=O)c1[nH]c2cc(Cl)ccc2c1-c1c(-c2ccccc2)cnn1Cc1ccccc1. The summed E-state index contributed by atoms with van der Waals surface area (Å²) in [4.78, 5) is 16.3. The first kappa shape index (κ1) is 21.0. The van der Waals surface area contributed by atoms with E-state index in [1.54, 1.807) is 6.92 Å². The number of aromatic amines is 1. The first-order chi connectivity index (χ1) is 16.2. The number of esters is 1. The molecule has 1 N–H and O–H groups in total. The van der Waals surface area contributed by atoms with Crippen molar-refractivity contribution in [1.82, 2.24) is 14.8 Å². The molecule has 0 aliphatic heterocycles. The Labute approximate surface area is 196 Å². The van der Waals surface area contributed by atoms with E-state index in [0.717, 1.165) is 38.9 Å². The van der Waals surface area contributed by atoms with E-state index in [1.807, 2.05) is 77.6 Å². The number of hydrogen-bond donors (Lipinski definition) is 1. The van der Waals surface area contributed by atoms with Gasteiger partial charge in [-0.3, -0.25) is 4.68 Å². The number of aromatic nitrogens is 3. The predicted octanol–water partition coefficient (Wildman–Crippen LogP) is 6.58. The zero-order valence-corrected chi connectivity index (χ0v) is 18.8. The molecule has 0 saturated heterocycles. The summed E-state index contributed by atoms with van der Waals surface area (Å²) in [6.07, 6.45) is 1.86. The second-order valence-corrected chi connectivity index (χ2v) is 8.14. The van der Waals surface area contributed by atoms with Crippen molar-refractivity contribution in [2.24, 2.45) is 0 Å². The van der Waals surface area contributed by atoms with Crippen LogP contribution in [0.3, 0.4) is 0 Å². The van der Waals surface area contributed by atoms with Crippen molar-refractivity contribution >= 4 is 28.5 Å². The summed E-state index contributed by atoms with van der Waals surface area (Å²) >= 11 is 6.26. The number of ether oxygens (including phenoxy) is 1. The number of halogens is 1. The largest absolute Gasteiger partial charge is 0.461 e. The van der Waals surface area contributed by atoms with Crippen LogP contribution < -0.4 is 0 Å². The molecule has 2 aromatic heterocycles. The molecule has 3 aromatic carbocycles. The number of benzene rings is 3. The van der Waals surface area contributed by atoms with E-state index in [0.29, 0.717) is 17.3 Å². The zero-order valence-electron chi connectivity index (χ0n) is 18.1. The number of carbonyl (C=O) groups is 1. The summed E-state index contributed by atoms with van der Waals surface area (Å²) in [6, 6.07) is 25.8. The number of nitrogens with zero attached hydrogens (tertiary/aromatic N) is 2. The van der Waals surface area contributed by atoms with Gasteiger partial charge in [-0.25, -0.2) is 4.79 Å². The Kier molecular flexibility index (Phi) is 5.71. The van der Waals surface area contributed by atoms with Gasteiger partial charge in [0, 0.05) is 27.1 Å². The molecule has 5 rings (SSSR count). The summed E-state index contributed by atoms with van der Waals surface area (Å²) in [7, 11) is 0. The highest BCUT2D eigenvalue weighted by Gasteiger charge is 2.26. The lowest BCUT2D eigenvalue weighted by molar-refractivity contribution is 0.0521. The van der Waals surface area contributed by atoms with E-state index in [2.05, 4.69) is 17.1 Å². The smallest absolute Gasteiger partial charge is 0.355 e. The van der Waals surface area contributed by atoms with Crippen LogP contribution in [0.15, 0.2) is 85.1 Å². The molecule has 0 fully saturated rings. The fourth-order valence-corrected chi connectivity index (χ4v) is 4.30. The fraction of sp³-hybridized carbons (Fsp3) is 0.111. The molecule has 0 atom stereocenters. The highest BCUT2D eigenvalue weighted by Crippen LogP contribution is 2.40. The minimum absolute atomic E-state index is 0.281. The number of H-pyrrole nitrogens is 1. The highest BCUT2D eigenvalue weighted by atomic mass is 35.5. The van der Waals surface area contributed by atoms with Crippen LogP contribution in [0.5, 0.6) is 0 Å². The normalized spacial score (nSPS) is 11.1. The summed E-state index contributed by atoms with van der Waals surface area (Å²) < 4.78 is 7.34. The van der Waals surface area contributed by atoms with Gasteiger partial charge in [-0.2, -0.15) is 5.10 Å². The van der Waals surface area contributed by atoms with Gasteiger partial charge in [0.05, 0.1) is 25.0 Å². The quantitative estimate of drug-likeness (QED) is 0.294. The monoisotopic (exact) mass is 455 g/mol. The van der Waals surface area contributed by atoms with Gasteiger partial charge in [0.25, 0.3) is 0 Å². The van der Waals surface area contributed by atoms with Crippen molar-refractivity contribution in [3.63, 3.8) is 0 Å². The molecule has 5 aromatic rings. The Morgan fingerprint density at radius 1 is 1.03 bits per heavy atom. The molecule has 0 aliphatic carbocycles. The van der Waals surface area contributed by atoms with Gasteiger partial charge < -0.3 is 9.72 Å². The maximum Gasteiger partial charge on any atom is 0.355 e. The lowest BCUT2D eigenvalue weighted by atomic mass is 9.99. The molecule has 33 heavy (non-hydrogen) atoms. The van der Waals surface area contributed by atoms with E-state index in [-0.39, 0.29) is 6.61 Å². The Morgan fingerprint density at radius 2 is 1.76 bits per heavy atom. The molecule has 5 nitrogen and oxygen atoms in total. The van der Waals surface area contributed by atoms with Gasteiger partial charge in [-0.05, 0) is 30.2 Å². The molecule has 0 spiro atoms. The minimum atomic E-state index is -0.411. The van der Waals surface area contributed by atoms with Crippen LogP contribution in [-0.4, -0.2) is 27.3 Å². The maximum atomic E-state index is 13.0. The summed E-state index contributed by atoms with van der Waals surface area (Å²) in [6.45, 7) is 2.64. The number of rotatable bonds is 6. The number of carbonyl (C=O) groups excluding carboxylic acids is 1. The molecule has 0 bridgehead atoms. The van der Waals surface area contributed by atoms with Gasteiger partial charge in [0.15, 0.2) is 0 Å². The number of nitrogens with one attached hydrogen (secondary N) is 1. The van der Waals surface area contributed by atoms with Crippen LogP contribution in [0.25, 0.3) is 33.3 Å². The van der Waals surface area contributed by atoms with Gasteiger partial charge in [-0.15, -0.1) is 0 Å². The molecular weight excluding hydrogens is 434 g/mol.